The first-order valence-corrected chi connectivity index (χ1v) is 3.28. The van der Waals surface area contributed by atoms with E-state index in [9.17, 15) is 4.79 Å². The molecule has 0 bridgehead atoms. The summed E-state index contributed by atoms with van der Waals surface area (Å²) in [4.78, 5) is 10.5. The van der Waals surface area contributed by atoms with E-state index in [1.54, 1.807) is 5.12 Å². The van der Waals surface area contributed by atoms with Gasteiger partial charge in [0.25, 0.3) is 0 Å². The molecule has 0 spiro atoms. The van der Waals surface area contributed by atoms with E-state index in [2.05, 4.69) is 30.2 Å². The first-order chi connectivity index (χ1) is 4.68. The van der Waals surface area contributed by atoms with Gasteiger partial charge < -0.3 is 0 Å². The molecule has 0 aromatic rings. The van der Waals surface area contributed by atoms with Gasteiger partial charge in [0.15, 0.2) is 0 Å². The van der Waals surface area contributed by atoms with Crippen molar-refractivity contribution in [2.75, 3.05) is 6.54 Å². The fourth-order valence-corrected chi connectivity index (χ4v) is 0.753. The highest BCUT2D eigenvalue weighted by molar-refractivity contribution is 5.73. The third-order valence-corrected chi connectivity index (χ3v) is 1.09. The van der Waals surface area contributed by atoms with Crippen LogP contribution in [0.2, 0.25) is 0 Å². The first-order valence-electron chi connectivity index (χ1n) is 3.28. The van der Waals surface area contributed by atoms with Crippen LogP contribution >= 0.6 is 0 Å². The van der Waals surface area contributed by atoms with Crippen LogP contribution in [0.3, 0.4) is 0 Å². The van der Waals surface area contributed by atoms with Gasteiger partial charge in [0.05, 0.1) is 0 Å². The van der Waals surface area contributed by atoms with Crippen molar-refractivity contribution in [2.45, 2.75) is 13.8 Å². The van der Waals surface area contributed by atoms with Crippen molar-refractivity contribution >= 4 is 6.03 Å². The van der Waals surface area contributed by atoms with Crippen LogP contribution in [-0.2, 0) is 0 Å². The van der Waals surface area contributed by atoms with E-state index in [1.807, 2.05) is 0 Å². The molecule has 0 radical (unpaired) electrons. The third-order valence-electron chi connectivity index (χ3n) is 1.09. The second-order valence-electron chi connectivity index (χ2n) is 2.68. The highest BCUT2D eigenvalue weighted by atomic mass is 16.2. The summed E-state index contributed by atoms with van der Waals surface area (Å²) in [5, 5.41) is 1.62. The number of hydrogen-bond acceptors (Lipinski definition) is 3. The number of carbonyl (C=O) groups is 1. The summed E-state index contributed by atoms with van der Waals surface area (Å²) in [7, 11) is 0. The minimum absolute atomic E-state index is 0.208. The summed E-state index contributed by atoms with van der Waals surface area (Å²) in [5.74, 6) is 0.521. The van der Waals surface area contributed by atoms with Gasteiger partial charge in [-0.2, -0.15) is 0 Å². The maximum atomic E-state index is 10.5. The van der Waals surface area contributed by atoms with Crippen LogP contribution in [0.5, 0.6) is 0 Å². The molecule has 5 nitrogen and oxygen atoms in total. The summed E-state index contributed by atoms with van der Waals surface area (Å²) >= 11 is 0. The molecule has 0 aliphatic carbocycles. The number of carbonyl (C=O) groups excluding carboxylic acids is 1. The molecule has 1 fully saturated rings. The zero-order valence-corrected chi connectivity index (χ0v) is 6.14. The minimum atomic E-state index is -0.208. The van der Waals surface area contributed by atoms with Gasteiger partial charge in [-0.15, -0.1) is 10.7 Å². The Labute approximate surface area is 59.7 Å². The zero-order valence-electron chi connectivity index (χ0n) is 6.14. The van der Waals surface area contributed by atoms with Crippen LogP contribution in [0.15, 0.2) is 0 Å². The molecule has 0 unspecified atom stereocenters. The van der Waals surface area contributed by atoms with E-state index in [-0.39, 0.29) is 6.03 Å². The standard InChI is InChI=1S/C5H12N4O/c1-4(2)3-9-7-5(10)6-8-9/h4,8H,3H2,1-2H3,(H2,6,7,10). The number of hydrogen-bond donors (Lipinski definition) is 3. The van der Waals surface area contributed by atoms with Crippen molar-refractivity contribution in [3.05, 3.63) is 0 Å². The zero-order chi connectivity index (χ0) is 7.56. The Bertz CT molecular complexity index is 136. The molecule has 0 saturated carbocycles. The van der Waals surface area contributed by atoms with E-state index in [4.69, 9.17) is 0 Å². The van der Waals surface area contributed by atoms with Gasteiger partial charge in [-0.3, -0.25) is 10.9 Å². The van der Waals surface area contributed by atoms with E-state index >= 15 is 0 Å². The second kappa shape index (κ2) is 2.85. The lowest BCUT2D eigenvalue weighted by Gasteiger charge is -2.14. The molecule has 2 amide bonds. The molecule has 10 heavy (non-hydrogen) atoms. The molecule has 1 rings (SSSR count). The lowest BCUT2D eigenvalue weighted by atomic mass is 10.2. The molecule has 1 saturated heterocycles. The molecule has 0 atom stereocenters. The van der Waals surface area contributed by atoms with Crippen LogP contribution in [-0.4, -0.2) is 17.7 Å². The average Bonchev–Trinajstić information content (AvgIpc) is 2.13. The molecule has 0 aromatic carbocycles. The van der Waals surface area contributed by atoms with Gasteiger partial charge in [-0.1, -0.05) is 13.8 Å². The monoisotopic (exact) mass is 144 g/mol. The van der Waals surface area contributed by atoms with E-state index in [0.717, 1.165) is 6.54 Å². The Kier molecular flexibility index (Phi) is 2.08. The van der Waals surface area contributed by atoms with Crippen molar-refractivity contribution < 1.29 is 4.79 Å². The molecular formula is C5H12N4O. The van der Waals surface area contributed by atoms with Crippen molar-refractivity contribution in [3.8, 4) is 0 Å². The Hall–Kier alpha value is -0.810. The summed E-state index contributed by atoms with van der Waals surface area (Å²) < 4.78 is 0. The van der Waals surface area contributed by atoms with Gasteiger partial charge in [-0.25, -0.2) is 4.79 Å². The predicted molar refractivity (Wildman–Crippen MR) is 36.3 cm³/mol. The molecule has 5 heteroatoms. The summed E-state index contributed by atoms with van der Waals surface area (Å²) in [5.41, 5.74) is 7.62. The van der Waals surface area contributed by atoms with E-state index < -0.39 is 0 Å². The Morgan fingerprint density at radius 3 is 2.70 bits per heavy atom. The summed E-state index contributed by atoms with van der Waals surface area (Å²) in [6.07, 6.45) is 0. The van der Waals surface area contributed by atoms with E-state index in [0.29, 0.717) is 5.92 Å². The number of amides is 2. The number of hydrazine groups is 3. The highest BCUT2D eigenvalue weighted by Gasteiger charge is 2.16. The van der Waals surface area contributed by atoms with Crippen molar-refractivity contribution in [2.24, 2.45) is 5.92 Å². The van der Waals surface area contributed by atoms with Crippen LogP contribution in [0.4, 0.5) is 4.79 Å². The number of nitrogens with zero attached hydrogens (tertiary/aromatic N) is 1. The largest absolute Gasteiger partial charge is 0.345 e. The smallest absolute Gasteiger partial charge is 0.257 e. The number of urea groups is 1. The average molecular weight is 144 g/mol. The molecule has 1 aliphatic rings. The van der Waals surface area contributed by atoms with Crippen LogP contribution in [0.25, 0.3) is 0 Å². The Morgan fingerprint density at radius 2 is 2.30 bits per heavy atom. The topological polar surface area (TPSA) is 56.4 Å². The Morgan fingerprint density at radius 1 is 1.60 bits per heavy atom. The van der Waals surface area contributed by atoms with Crippen molar-refractivity contribution in [3.63, 3.8) is 0 Å². The number of nitrogens with one attached hydrogen (secondary N) is 3. The maximum absolute atomic E-state index is 10.5. The predicted octanol–water partition coefficient (Wildman–Crippen LogP) is -0.408. The van der Waals surface area contributed by atoms with Crippen LogP contribution < -0.4 is 16.4 Å². The molecule has 3 N–H and O–H groups in total. The van der Waals surface area contributed by atoms with Crippen molar-refractivity contribution in [1.82, 2.24) is 21.5 Å². The molecule has 1 heterocycles. The minimum Gasteiger partial charge on any atom is -0.257 e. The van der Waals surface area contributed by atoms with Crippen LogP contribution in [0.1, 0.15) is 13.8 Å². The van der Waals surface area contributed by atoms with Gasteiger partial charge in [0.2, 0.25) is 0 Å². The third kappa shape index (κ3) is 1.85. The second-order valence-corrected chi connectivity index (χ2v) is 2.68. The van der Waals surface area contributed by atoms with Crippen molar-refractivity contribution in [1.29, 1.82) is 0 Å². The molecule has 58 valence electrons. The van der Waals surface area contributed by atoms with E-state index in [1.165, 1.54) is 0 Å². The first kappa shape index (κ1) is 7.30. The van der Waals surface area contributed by atoms with Gasteiger partial charge in [-0.05, 0) is 5.92 Å². The highest BCUT2D eigenvalue weighted by Crippen LogP contribution is 1.93. The van der Waals surface area contributed by atoms with Gasteiger partial charge in [0.1, 0.15) is 0 Å². The summed E-state index contributed by atoms with van der Waals surface area (Å²) in [6, 6.07) is -0.208. The van der Waals surface area contributed by atoms with Gasteiger partial charge >= 0.3 is 6.03 Å². The maximum Gasteiger partial charge on any atom is 0.345 e. The molecular weight excluding hydrogens is 132 g/mol. The normalized spacial score (nSPS) is 19.3. The fraction of sp³-hybridized carbons (Fsp3) is 0.800. The van der Waals surface area contributed by atoms with Crippen LogP contribution in [0, 0.1) is 5.92 Å². The quantitative estimate of drug-likeness (QED) is 0.494. The molecule has 1 aliphatic heterocycles. The molecule has 0 aromatic heterocycles. The lowest BCUT2D eigenvalue weighted by molar-refractivity contribution is 0.150. The lowest BCUT2D eigenvalue weighted by Crippen LogP contribution is -2.42. The summed E-state index contributed by atoms with van der Waals surface area (Å²) in [6.45, 7) is 4.94. The fourth-order valence-electron chi connectivity index (χ4n) is 0.753. The number of rotatable bonds is 2. The van der Waals surface area contributed by atoms with Gasteiger partial charge in [0, 0.05) is 6.54 Å². The SMILES string of the molecule is CC(C)CN1NNC(=O)N1. The Balaban J connectivity index is 2.24.